The van der Waals surface area contributed by atoms with Crippen molar-refractivity contribution in [1.29, 1.82) is 0 Å². The SMILES string of the molecule is O=S(=O)(O)c1ccc2ccc3cccc4ccc1c2c34.[NaH].[NaH]. The van der Waals surface area contributed by atoms with Crippen LogP contribution in [0.5, 0.6) is 0 Å². The molecule has 0 atom stereocenters. The minimum absolute atomic E-state index is 0. The zero-order chi connectivity index (χ0) is 13.9. The fourth-order valence-electron chi connectivity index (χ4n) is 2.93. The molecule has 0 bridgehead atoms. The van der Waals surface area contributed by atoms with Gasteiger partial charge in [0.15, 0.2) is 0 Å². The summed E-state index contributed by atoms with van der Waals surface area (Å²) in [6, 6.07) is 16.8. The van der Waals surface area contributed by atoms with Gasteiger partial charge in [-0.05, 0) is 33.0 Å². The third-order valence-electron chi connectivity index (χ3n) is 3.77. The first-order chi connectivity index (χ1) is 9.55. The molecular formula is C16H12Na2O3S. The van der Waals surface area contributed by atoms with Crippen LogP contribution in [0.3, 0.4) is 0 Å². The van der Waals surface area contributed by atoms with Gasteiger partial charge in [-0.2, -0.15) is 8.42 Å². The van der Waals surface area contributed by atoms with E-state index in [0.29, 0.717) is 5.39 Å². The van der Waals surface area contributed by atoms with Crippen molar-refractivity contribution in [3.63, 3.8) is 0 Å². The van der Waals surface area contributed by atoms with Crippen molar-refractivity contribution in [2.75, 3.05) is 0 Å². The van der Waals surface area contributed by atoms with Gasteiger partial charge in [0.25, 0.3) is 10.1 Å². The van der Waals surface area contributed by atoms with Gasteiger partial charge in [0.1, 0.15) is 4.90 Å². The third-order valence-corrected chi connectivity index (χ3v) is 4.68. The van der Waals surface area contributed by atoms with E-state index >= 15 is 0 Å². The monoisotopic (exact) mass is 330 g/mol. The maximum atomic E-state index is 11.5. The van der Waals surface area contributed by atoms with Crippen molar-refractivity contribution < 1.29 is 13.0 Å². The molecule has 0 saturated carbocycles. The summed E-state index contributed by atoms with van der Waals surface area (Å²) in [5.74, 6) is 0. The molecule has 22 heavy (non-hydrogen) atoms. The first-order valence-corrected chi connectivity index (χ1v) is 7.64. The molecule has 0 aliphatic heterocycles. The van der Waals surface area contributed by atoms with E-state index in [-0.39, 0.29) is 64.0 Å². The third kappa shape index (κ3) is 2.72. The number of hydrogen-bond acceptors (Lipinski definition) is 2. The summed E-state index contributed by atoms with van der Waals surface area (Å²) in [6.07, 6.45) is 0. The van der Waals surface area contributed by atoms with Gasteiger partial charge in [-0.1, -0.05) is 48.5 Å². The van der Waals surface area contributed by atoms with Gasteiger partial charge in [-0.3, -0.25) is 4.55 Å². The molecule has 0 unspecified atom stereocenters. The second-order valence-corrected chi connectivity index (χ2v) is 6.28. The molecular weight excluding hydrogens is 318 g/mol. The molecule has 3 nitrogen and oxygen atoms in total. The number of benzene rings is 4. The van der Waals surface area contributed by atoms with Crippen LogP contribution in [0.25, 0.3) is 32.3 Å². The topological polar surface area (TPSA) is 54.4 Å². The van der Waals surface area contributed by atoms with Crippen molar-refractivity contribution in [2.24, 2.45) is 0 Å². The van der Waals surface area contributed by atoms with Gasteiger partial charge in [0.2, 0.25) is 0 Å². The molecule has 4 aromatic rings. The zero-order valence-corrected chi connectivity index (χ0v) is 11.2. The Bertz CT molecular complexity index is 1060. The molecule has 0 aliphatic rings. The predicted molar refractivity (Wildman–Crippen MR) is 94.3 cm³/mol. The quantitative estimate of drug-likeness (QED) is 0.331. The van der Waals surface area contributed by atoms with Gasteiger partial charge in [0, 0.05) is 5.39 Å². The van der Waals surface area contributed by atoms with E-state index in [4.69, 9.17) is 0 Å². The summed E-state index contributed by atoms with van der Waals surface area (Å²) in [6.45, 7) is 0. The van der Waals surface area contributed by atoms with E-state index in [0.717, 1.165) is 26.9 Å². The Hall–Kier alpha value is -0.170. The molecule has 0 aromatic heterocycles. The van der Waals surface area contributed by atoms with E-state index in [9.17, 15) is 13.0 Å². The molecule has 0 radical (unpaired) electrons. The van der Waals surface area contributed by atoms with Gasteiger partial charge in [-0.15, -0.1) is 0 Å². The van der Waals surface area contributed by atoms with Crippen molar-refractivity contribution in [3.8, 4) is 0 Å². The summed E-state index contributed by atoms with van der Waals surface area (Å²) in [5, 5.41) is 5.58. The van der Waals surface area contributed by atoms with Crippen LogP contribution in [-0.2, 0) is 10.1 Å². The first-order valence-electron chi connectivity index (χ1n) is 6.20. The van der Waals surface area contributed by atoms with Crippen molar-refractivity contribution in [2.45, 2.75) is 4.90 Å². The molecule has 4 rings (SSSR count). The van der Waals surface area contributed by atoms with Crippen molar-refractivity contribution in [1.82, 2.24) is 0 Å². The molecule has 0 heterocycles. The van der Waals surface area contributed by atoms with Crippen molar-refractivity contribution >= 4 is 102 Å². The van der Waals surface area contributed by atoms with Gasteiger partial charge >= 0.3 is 59.1 Å². The maximum absolute atomic E-state index is 11.5. The first kappa shape index (κ1) is 18.2. The number of hydrogen-bond donors (Lipinski definition) is 1. The predicted octanol–water partition coefficient (Wildman–Crippen LogP) is 2.53. The normalized spacial score (nSPS) is 11.5. The Morgan fingerprint density at radius 1 is 0.682 bits per heavy atom. The van der Waals surface area contributed by atoms with Gasteiger partial charge < -0.3 is 0 Å². The minimum atomic E-state index is -4.23. The summed E-state index contributed by atoms with van der Waals surface area (Å²) in [7, 11) is -4.23. The molecule has 6 heteroatoms. The van der Waals surface area contributed by atoms with E-state index in [2.05, 4.69) is 0 Å². The number of rotatable bonds is 1. The summed E-state index contributed by atoms with van der Waals surface area (Å²) < 4.78 is 32.5. The Kier molecular flexibility index (Phi) is 5.27. The Morgan fingerprint density at radius 2 is 1.18 bits per heavy atom. The summed E-state index contributed by atoms with van der Waals surface area (Å²) in [5.41, 5.74) is 0. The van der Waals surface area contributed by atoms with Crippen LogP contribution >= 0.6 is 0 Å². The van der Waals surface area contributed by atoms with Crippen molar-refractivity contribution in [3.05, 3.63) is 54.6 Å². The zero-order valence-electron chi connectivity index (χ0n) is 10.4. The fourth-order valence-corrected chi connectivity index (χ4v) is 3.62. The molecule has 1 N–H and O–H groups in total. The fraction of sp³-hybridized carbons (Fsp3) is 0. The Morgan fingerprint density at radius 3 is 1.77 bits per heavy atom. The molecule has 0 aliphatic carbocycles. The second kappa shape index (κ2) is 6.38. The van der Waals surface area contributed by atoms with Crippen LogP contribution in [-0.4, -0.2) is 72.1 Å². The van der Waals surface area contributed by atoms with Crippen LogP contribution in [0, 0.1) is 0 Å². The molecule has 0 spiro atoms. The van der Waals surface area contributed by atoms with Crippen LogP contribution in [0.4, 0.5) is 0 Å². The average Bonchev–Trinajstić information content (AvgIpc) is 2.43. The standard InChI is InChI=1S/C16H10O3S.2Na.2H/c17-20(18,19)14-9-7-12-5-4-10-2-1-3-11-6-8-13(14)16(12)15(10)11;;;;/h1-9H,(H,17,18,19);;;;. The van der Waals surface area contributed by atoms with Gasteiger partial charge in [0.05, 0.1) is 0 Å². The van der Waals surface area contributed by atoms with Crippen LogP contribution in [0.2, 0.25) is 0 Å². The van der Waals surface area contributed by atoms with E-state index < -0.39 is 10.1 Å². The van der Waals surface area contributed by atoms with Crippen LogP contribution in [0.1, 0.15) is 0 Å². The Balaban J connectivity index is 0.000000882. The van der Waals surface area contributed by atoms with Gasteiger partial charge in [-0.25, -0.2) is 0 Å². The summed E-state index contributed by atoms with van der Waals surface area (Å²) in [4.78, 5) is -0.0387. The van der Waals surface area contributed by atoms with E-state index in [1.165, 1.54) is 6.07 Å². The molecule has 0 amide bonds. The van der Waals surface area contributed by atoms with Crippen LogP contribution in [0.15, 0.2) is 59.5 Å². The summed E-state index contributed by atoms with van der Waals surface area (Å²) >= 11 is 0. The molecule has 4 aromatic carbocycles. The van der Waals surface area contributed by atoms with E-state index in [1.807, 2.05) is 36.4 Å². The second-order valence-electron chi connectivity index (χ2n) is 4.89. The van der Waals surface area contributed by atoms with E-state index in [1.54, 1.807) is 12.1 Å². The van der Waals surface area contributed by atoms with Crippen LogP contribution < -0.4 is 0 Å². The average molecular weight is 330 g/mol. The molecule has 0 saturated heterocycles. The molecule has 102 valence electrons. The molecule has 0 fully saturated rings. The Labute approximate surface area is 172 Å².